The largest absolute Gasteiger partial charge is 0.465 e. The van der Waals surface area contributed by atoms with Crippen molar-refractivity contribution in [2.45, 2.75) is 19.5 Å². The third kappa shape index (κ3) is 2.46. The summed E-state index contributed by atoms with van der Waals surface area (Å²) in [6.45, 7) is 1.65. The number of H-pyrrole nitrogens is 1. The molecule has 0 fully saturated rings. The SMILES string of the molecule is C[C@@H](CO)N(Cc1ccn[nH]1)C(=O)O. The minimum absolute atomic E-state index is 0.194. The van der Waals surface area contributed by atoms with Gasteiger partial charge in [-0.2, -0.15) is 5.10 Å². The molecule has 1 aromatic heterocycles. The highest BCUT2D eigenvalue weighted by Crippen LogP contribution is 2.05. The van der Waals surface area contributed by atoms with Gasteiger partial charge in [0.25, 0.3) is 0 Å². The Hall–Kier alpha value is -1.56. The van der Waals surface area contributed by atoms with Crippen LogP contribution in [0.4, 0.5) is 4.79 Å². The van der Waals surface area contributed by atoms with Crippen molar-refractivity contribution in [1.82, 2.24) is 15.1 Å². The molecular weight excluding hydrogens is 186 g/mol. The minimum Gasteiger partial charge on any atom is -0.465 e. The van der Waals surface area contributed by atoms with Crippen LogP contribution < -0.4 is 0 Å². The van der Waals surface area contributed by atoms with Gasteiger partial charge >= 0.3 is 6.09 Å². The molecule has 0 saturated carbocycles. The summed E-state index contributed by atoms with van der Waals surface area (Å²) in [5.41, 5.74) is 0.702. The zero-order chi connectivity index (χ0) is 10.6. The van der Waals surface area contributed by atoms with Gasteiger partial charge in [0.2, 0.25) is 0 Å². The topological polar surface area (TPSA) is 89.5 Å². The number of nitrogens with one attached hydrogen (secondary N) is 1. The maximum atomic E-state index is 10.8. The van der Waals surface area contributed by atoms with Crippen LogP contribution in [0.25, 0.3) is 0 Å². The summed E-state index contributed by atoms with van der Waals surface area (Å²) in [7, 11) is 0. The summed E-state index contributed by atoms with van der Waals surface area (Å²) in [6.07, 6.45) is 0.500. The molecule has 1 rings (SSSR count). The van der Waals surface area contributed by atoms with E-state index in [0.717, 1.165) is 4.90 Å². The van der Waals surface area contributed by atoms with Gasteiger partial charge in [-0.05, 0) is 13.0 Å². The van der Waals surface area contributed by atoms with Gasteiger partial charge in [-0.15, -0.1) is 0 Å². The highest BCUT2D eigenvalue weighted by Gasteiger charge is 2.18. The average molecular weight is 199 g/mol. The molecule has 1 atom stereocenters. The molecule has 0 aromatic carbocycles. The van der Waals surface area contributed by atoms with Crippen LogP contribution in [0.15, 0.2) is 12.3 Å². The number of aliphatic hydroxyl groups is 1. The second-order valence-corrected chi connectivity index (χ2v) is 3.02. The lowest BCUT2D eigenvalue weighted by atomic mass is 10.3. The number of nitrogens with zero attached hydrogens (tertiary/aromatic N) is 2. The standard InChI is InChI=1S/C8H13N3O3/c1-6(5-12)11(8(13)14)4-7-2-3-9-10-7/h2-3,6,12H,4-5H2,1H3,(H,9,10)(H,13,14)/t6-/m0/s1. The monoisotopic (exact) mass is 199 g/mol. The second kappa shape index (κ2) is 4.61. The van der Waals surface area contributed by atoms with Crippen LogP contribution in [-0.4, -0.2) is 44.1 Å². The molecule has 0 unspecified atom stereocenters. The van der Waals surface area contributed by atoms with Gasteiger partial charge in [-0.25, -0.2) is 4.79 Å². The van der Waals surface area contributed by atoms with Crippen LogP contribution in [0, 0.1) is 0 Å². The van der Waals surface area contributed by atoms with Crippen LogP contribution in [0.2, 0.25) is 0 Å². The van der Waals surface area contributed by atoms with Gasteiger partial charge < -0.3 is 10.2 Å². The van der Waals surface area contributed by atoms with E-state index in [0.29, 0.717) is 5.69 Å². The Morgan fingerprint density at radius 1 is 1.79 bits per heavy atom. The molecule has 78 valence electrons. The summed E-state index contributed by atoms with van der Waals surface area (Å²) in [6, 6.07) is 1.27. The highest BCUT2D eigenvalue weighted by molar-refractivity contribution is 5.65. The Kier molecular flexibility index (Phi) is 3.47. The highest BCUT2D eigenvalue weighted by atomic mass is 16.4. The molecule has 14 heavy (non-hydrogen) atoms. The first kappa shape index (κ1) is 10.5. The predicted octanol–water partition coefficient (Wildman–Crippen LogP) is 0.271. The van der Waals surface area contributed by atoms with Gasteiger partial charge in [0, 0.05) is 6.20 Å². The van der Waals surface area contributed by atoms with Crippen molar-refractivity contribution in [3.8, 4) is 0 Å². The Labute approximate surface area is 81.2 Å². The number of aliphatic hydroxyl groups excluding tert-OH is 1. The molecule has 1 heterocycles. The van der Waals surface area contributed by atoms with Gasteiger partial charge in [0.1, 0.15) is 0 Å². The summed E-state index contributed by atoms with van der Waals surface area (Å²) in [5.74, 6) is 0. The molecule has 0 bridgehead atoms. The molecular formula is C8H13N3O3. The van der Waals surface area contributed by atoms with Gasteiger partial charge in [-0.1, -0.05) is 0 Å². The molecule has 3 N–H and O–H groups in total. The van der Waals surface area contributed by atoms with E-state index in [-0.39, 0.29) is 13.2 Å². The van der Waals surface area contributed by atoms with Crippen molar-refractivity contribution in [3.05, 3.63) is 18.0 Å². The number of aromatic nitrogens is 2. The normalized spacial score (nSPS) is 12.4. The Morgan fingerprint density at radius 3 is 2.93 bits per heavy atom. The molecule has 0 aliphatic carbocycles. The molecule has 1 aromatic rings. The quantitative estimate of drug-likeness (QED) is 0.649. The summed E-state index contributed by atoms with van der Waals surface area (Å²) in [4.78, 5) is 12.0. The molecule has 0 aliphatic rings. The number of hydrogen-bond donors (Lipinski definition) is 3. The van der Waals surface area contributed by atoms with E-state index >= 15 is 0 Å². The van der Waals surface area contributed by atoms with Crippen molar-refractivity contribution in [3.63, 3.8) is 0 Å². The number of amides is 1. The average Bonchev–Trinajstić information content (AvgIpc) is 2.65. The first-order valence-electron chi connectivity index (χ1n) is 4.23. The second-order valence-electron chi connectivity index (χ2n) is 3.02. The van der Waals surface area contributed by atoms with Crippen LogP contribution in [-0.2, 0) is 6.54 Å². The fraction of sp³-hybridized carbons (Fsp3) is 0.500. The van der Waals surface area contributed by atoms with Crippen LogP contribution in [0.3, 0.4) is 0 Å². The smallest absolute Gasteiger partial charge is 0.407 e. The van der Waals surface area contributed by atoms with E-state index in [9.17, 15) is 4.79 Å². The Bertz CT molecular complexity index is 286. The molecule has 0 radical (unpaired) electrons. The molecule has 0 aliphatic heterocycles. The minimum atomic E-state index is -1.05. The summed E-state index contributed by atoms with van der Waals surface area (Å²) >= 11 is 0. The lowest BCUT2D eigenvalue weighted by Crippen LogP contribution is -2.39. The van der Waals surface area contributed by atoms with Crippen molar-refractivity contribution in [2.24, 2.45) is 0 Å². The number of carboxylic acid groups (broad SMARTS) is 1. The van der Waals surface area contributed by atoms with E-state index < -0.39 is 12.1 Å². The van der Waals surface area contributed by atoms with E-state index in [2.05, 4.69) is 10.2 Å². The zero-order valence-corrected chi connectivity index (χ0v) is 7.84. The first-order valence-corrected chi connectivity index (χ1v) is 4.23. The third-order valence-electron chi connectivity index (χ3n) is 1.94. The van der Waals surface area contributed by atoms with Crippen molar-refractivity contribution < 1.29 is 15.0 Å². The summed E-state index contributed by atoms with van der Waals surface area (Å²) in [5, 5.41) is 24.1. The zero-order valence-electron chi connectivity index (χ0n) is 7.84. The fourth-order valence-corrected chi connectivity index (χ4v) is 1.07. The van der Waals surface area contributed by atoms with E-state index in [1.165, 1.54) is 0 Å². The molecule has 0 spiro atoms. The van der Waals surface area contributed by atoms with Crippen LogP contribution in [0.5, 0.6) is 0 Å². The maximum Gasteiger partial charge on any atom is 0.407 e. The van der Waals surface area contributed by atoms with Gasteiger partial charge in [0.15, 0.2) is 0 Å². The number of aromatic amines is 1. The van der Waals surface area contributed by atoms with E-state index in [4.69, 9.17) is 10.2 Å². The van der Waals surface area contributed by atoms with Crippen molar-refractivity contribution in [1.29, 1.82) is 0 Å². The fourth-order valence-electron chi connectivity index (χ4n) is 1.07. The van der Waals surface area contributed by atoms with Gasteiger partial charge in [0.05, 0.1) is 24.9 Å². The maximum absolute atomic E-state index is 10.8. The molecule has 6 nitrogen and oxygen atoms in total. The lowest BCUT2D eigenvalue weighted by Gasteiger charge is -2.23. The van der Waals surface area contributed by atoms with Crippen molar-refractivity contribution in [2.75, 3.05) is 6.61 Å². The lowest BCUT2D eigenvalue weighted by molar-refractivity contribution is 0.0991. The molecule has 1 amide bonds. The van der Waals surface area contributed by atoms with E-state index in [1.54, 1.807) is 19.2 Å². The Morgan fingerprint density at radius 2 is 2.50 bits per heavy atom. The van der Waals surface area contributed by atoms with Crippen LogP contribution in [0.1, 0.15) is 12.6 Å². The van der Waals surface area contributed by atoms with Gasteiger partial charge in [-0.3, -0.25) is 10.00 Å². The molecule has 6 heteroatoms. The van der Waals surface area contributed by atoms with Crippen molar-refractivity contribution >= 4 is 6.09 Å². The molecule has 0 saturated heterocycles. The first-order chi connectivity index (χ1) is 6.65. The number of rotatable bonds is 4. The third-order valence-corrected chi connectivity index (χ3v) is 1.94. The van der Waals surface area contributed by atoms with E-state index in [1.807, 2.05) is 0 Å². The predicted molar refractivity (Wildman–Crippen MR) is 48.7 cm³/mol. The Balaban J connectivity index is 2.65. The van der Waals surface area contributed by atoms with Crippen LogP contribution >= 0.6 is 0 Å². The number of carbonyl (C=O) groups is 1. The number of hydrogen-bond acceptors (Lipinski definition) is 3. The summed E-state index contributed by atoms with van der Waals surface area (Å²) < 4.78 is 0.